The molecule has 2 N–H and O–H groups in total. The van der Waals surface area contributed by atoms with Crippen LogP contribution in [0.3, 0.4) is 0 Å². The molecule has 10 heteroatoms. The second-order valence-corrected chi connectivity index (χ2v) is 6.16. The number of anilines is 1. The molecular formula is C19H18F3N5O2. The number of hydrazone groups is 1. The van der Waals surface area contributed by atoms with Crippen molar-refractivity contribution in [3.05, 3.63) is 52.6 Å². The number of alkyl halides is 3. The van der Waals surface area contributed by atoms with Gasteiger partial charge in [-0.2, -0.15) is 18.3 Å². The lowest BCUT2D eigenvalue weighted by Crippen LogP contribution is -2.12. The van der Waals surface area contributed by atoms with Crippen LogP contribution in [0.25, 0.3) is 10.9 Å². The Balaban J connectivity index is 1.92. The standard InChI is InChI=1S/C19H18F3N5O2/c1-4-29-17(28)15-10(2)14(24-11(15)3)9-23-27-16-12-7-5-6-8-13(12)25-18(26-16)19(20,21)22/h5-9,24H,4H2,1-3H3,(H,25,26,27)/b23-9+. The fraction of sp³-hybridized carbons (Fsp3) is 0.263. The van der Waals surface area contributed by atoms with Gasteiger partial charge in [0.25, 0.3) is 0 Å². The smallest absolute Gasteiger partial charge is 0.451 e. The van der Waals surface area contributed by atoms with E-state index in [1.165, 1.54) is 12.3 Å². The number of carbonyl (C=O) groups excluding carboxylic acids is 1. The van der Waals surface area contributed by atoms with E-state index in [9.17, 15) is 18.0 Å². The first kappa shape index (κ1) is 20.3. The van der Waals surface area contributed by atoms with Gasteiger partial charge in [-0.3, -0.25) is 5.43 Å². The highest BCUT2D eigenvalue weighted by Crippen LogP contribution is 2.30. The number of benzene rings is 1. The van der Waals surface area contributed by atoms with E-state index < -0.39 is 18.0 Å². The van der Waals surface area contributed by atoms with E-state index in [2.05, 4.69) is 25.5 Å². The minimum absolute atomic E-state index is 0.0780. The molecule has 7 nitrogen and oxygen atoms in total. The highest BCUT2D eigenvalue weighted by molar-refractivity contribution is 5.96. The SMILES string of the molecule is CCOC(=O)c1c(C)[nH]c(/C=N/Nc2nc(C(F)(F)F)nc3ccccc23)c1C. The van der Waals surface area contributed by atoms with Crippen LogP contribution in [-0.2, 0) is 10.9 Å². The Morgan fingerprint density at radius 3 is 2.69 bits per heavy atom. The number of carbonyl (C=O) groups is 1. The largest absolute Gasteiger partial charge is 0.462 e. The summed E-state index contributed by atoms with van der Waals surface area (Å²) in [5, 5.41) is 4.38. The van der Waals surface area contributed by atoms with Crippen molar-refractivity contribution < 1.29 is 22.7 Å². The molecule has 152 valence electrons. The number of aromatic amines is 1. The Kier molecular flexibility index (Phi) is 5.53. The summed E-state index contributed by atoms with van der Waals surface area (Å²) < 4.78 is 44.3. The van der Waals surface area contributed by atoms with E-state index in [0.29, 0.717) is 27.9 Å². The molecule has 0 aliphatic rings. The second kappa shape index (κ2) is 7.90. The van der Waals surface area contributed by atoms with Gasteiger partial charge in [0, 0.05) is 11.1 Å². The van der Waals surface area contributed by atoms with Gasteiger partial charge in [0.1, 0.15) is 0 Å². The molecule has 3 aromatic rings. The molecule has 3 rings (SSSR count). The summed E-state index contributed by atoms with van der Waals surface area (Å²) >= 11 is 0. The Bertz CT molecular complexity index is 1090. The van der Waals surface area contributed by atoms with Crippen molar-refractivity contribution in [3.63, 3.8) is 0 Å². The quantitative estimate of drug-likeness (QED) is 0.377. The maximum atomic E-state index is 13.1. The summed E-state index contributed by atoms with van der Waals surface area (Å²) in [5.74, 6) is -1.79. The molecule has 2 aromatic heterocycles. The zero-order chi connectivity index (χ0) is 21.2. The van der Waals surface area contributed by atoms with Crippen LogP contribution in [0.2, 0.25) is 0 Å². The number of aromatic nitrogens is 3. The summed E-state index contributed by atoms with van der Waals surface area (Å²) in [6.45, 7) is 5.40. The molecular weight excluding hydrogens is 387 g/mol. The van der Waals surface area contributed by atoms with E-state index in [0.717, 1.165) is 0 Å². The number of halogens is 3. The summed E-state index contributed by atoms with van der Waals surface area (Å²) in [5.41, 5.74) is 4.83. The first-order valence-corrected chi connectivity index (χ1v) is 8.71. The van der Waals surface area contributed by atoms with Crippen molar-refractivity contribution in [2.75, 3.05) is 12.0 Å². The normalized spacial score (nSPS) is 11.9. The number of rotatable bonds is 5. The molecule has 0 unspecified atom stereocenters. The van der Waals surface area contributed by atoms with E-state index in [4.69, 9.17) is 4.74 Å². The summed E-state index contributed by atoms with van der Waals surface area (Å²) in [6.07, 6.45) is -3.32. The molecule has 0 saturated heterocycles. The molecule has 0 saturated carbocycles. The van der Waals surface area contributed by atoms with Crippen molar-refractivity contribution in [1.82, 2.24) is 15.0 Å². The predicted octanol–water partition coefficient (Wildman–Crippen LogP) is 4.22. The highest BCUT2D eigenvalue weighted by atomic mass is 19.4. The van der Waals surface area contributed by atoms with Crippen LogP contribution in [0.1, 0.15) is 40.1 Å². The van der Waals surface area contributed by atoms with Gasteiger partial charge in [-0.05, 0) is 38.5 Å². The molecule has 0 radical (unpaired) electrons. The first-order chi connectivity index (χ1) is 13.7. The Morgan fingerprint density at radius 1 is 1.28 bits per heavy atom. The zero-order valence-electron chi connectivity index (χ0n) is 15.9. The lowest BCUT2D eigenvalue weighted by molar-refractivity contribution is -0.144. The monoisotopic (exact) mass is 405 g/mol. The zero-order valence-corrected chi connectivity index (χ0v) is 15.9. The first-order valence-electron chi connectivity index (χ1n) is 8.71. The maximum Gasteiger partial charge on any atom is 0.451 e. The minimum Gasteiger partial charge on any atom is -0.462 e. The van der Waals surface area contributed by atoms with Crippen LogP contribution in [0, 0.1) is 13.8 Å². The lowest BCUT2D eigenvalue weighted by atomic mass is 10.1. The number of aryl methyl sites for hydroxylation is 1. The van der Waals surface area contributed by atoms with Crippen LogP contribution < -0.4 is 5.43 Å². The third-order valence-electron chi connectivity index (χ3n) is 4.18. The van der Waals surface area contributed by atoms with Crippen LogP contribution in [-0.4, -0.2) is 33.7 Å². The average molecular weight is 405 g/mol. The summed E-state index contributed by atoms with van der Waals surface area (Å²) in [6, 6.07) is 6.31. The number of hydrogen-bond acceptors (Lipinski definition) is 6. The van der Waals surface area contributed by atoms with Crippen LogP contribution in [0.15, 0.2) is 29.4 Å². The summed E-state index contributed by atoms with van der Waals surface area (Å²) in [4.78, 5) is 22.2. The van der Waals surface area contributed by atoms with Crippen molar-refractivity contribution in [2.24, 2.45) is 5.10 Å². The Morgan fingerprint density at radius 2 is 2.00 bits per heavy atom. The number of nitrogens with zero attached hydrogens (tertiary/aromatic N) is 3. The van der Waals surface area contributed by atoms with Gasteiger partial charge in [0.05, 0.1) is 29.6 Å². The number of fused-ring (bicyclic) bond motifs is 1. The number of H-pyrrole nitrogens is 1. The van der Waals surface area contributed by atoms with Crippen molar-refractivity contribution in [2.45, 2.75) is 26.9 Å². The molecule has 0 atom stereocenters. The molecule has 0 bridgehead atoms. The van der Waals surface area contributed by atoms with E-state index in [-0.39, 0.29) is 17.9 Å². The average Bonchev–Trinajstić information content (AvgIpc) is 2.94. The maximum absolute atomic E-state index is 13.1. The van der Waals surface area contributed by atoms with Gasteiger partial charge in [-0.1, -0.05) is 12.1 Å². The van der Waals surface area contributed by atoms with Gasteiger partial charge in [0.2, 0.25) is 5.82 Å². The van der Waals surface area contributed by atoms with E-state index in [1.54, 1.807) is 39.0 Å². The minimum atomic E-state index is -4.69. The van der Waals surface area contributed by atoms with Gasteiger partial charge in [-0.15, -0.1) is 0 Å². The van der Waals surface area contributed by atoms with E-state index in [1.807, 2.05) is 0 Å². The molecule has 2 heterocycles. The van der Waals surface area contributed by atoms with Crippen LogP contribution in [0.4, 0.5) is 19.0 Å². The van der Waals surface area contributed by atoms with Crippen molar-refractivity contribution in [1.29, 1.82) is 0 Å². The number of esters is 1. The molecule has 1 aromatic carbocycles. The van der Waals surface area contributed by atoms with Crippen LogP contribution >= 0.6 is 0 Å². The molecule has 0 amide bonds. The third kappa shape index (κ3) is 4.20. The fourth-order valence-electron chi connectivity index (χ4n) is 2.86. The fourth-order valence-corrected chi connectivity index (χ4v) is 2.86. The molecule has 0 fully saturated rings. The van der Waals surface area contributed by atoms with E-state index >= 15 is 0 Å². The molecule has 0 aliphatic heterocycles. The molecule has 29 heavy (non-hydrogen) atoms. The number of nitrogens with one attached hydrogen (secondary N) is 2. The Hall–Kier alpha value is -3.43. The van der Waals surface area contributed by atoms with Gasteiger partial charge in [-0.25, -0.2) is 14.8 Å². The topological polar surface area (TPSA) is 92.3 Å². The third-order valence-corrected chi connectivity index (χ3v) is 4.18. The molecule has 0 aliphatic carbocycles. The van der Waals surface area contributed by atoms with Crippen LogP contribution in [0.5, 0.6) is 0 Å². The molecule has 0 spiro atoms. The van der Waals surface area contributed by atoms with Crippen molar-refractivity contribution >= 4 is 28.9 Å². The number of ether oxygens (including phenoxy) is 1. The van der Waals surface area contributed by atoms with Gasteiger partial charge < -0.3 is 9.72 Å². The van der Waals surface area contributed by atoms with Gasteiger partial charge in [0.15, 0.2) is 5.82 Å². The number of hydrogen-bond donors (Lipinski definition) is 2. The Labute approximate surface area is 164 Å². The predicted molar refractivity (Wildman–Crippen MR) is 102 cm³/mol. The van der Waals surface area contributed by atoms with Crippen molar-refractivity contribution in [3.8, 4) is 0 Å². The summed E-state index contributed by atoms with van der Waals surface area (Å²) in [7, 11) is 0. The highest BCUT2D eigenvalue weighted by Gasteiger charge is 2.35. The number of para-hydroxylation sites is 1. The second-order valence-electron chi connectivity index (χ2n) is 6.16. The van der Waals surface area contributed by atoms with Gasteiger partial charge >= 0.3 is 12.1 Å². The lowest BCUT2D eigenvalue weighted by Gasteiger charge is -2.09.